The van der Waals surface area contributed by atoms with Gasteiger partial charge >= 0.3 is 6.18 Å². The van der Waals surface area contributed by atoms with Gasteiger partial charge in [0.1, 0.15) is 0 Å². The second kappa shape index (κ2) is 4.46. The summed E-state index contributed by atoms with van der Waals surface area (Å²) < 4.78 is 59.3. The minimum absolute atomic E-state index is 0.0280. The van der Waals surface area contributed by atoms with E-state index in [0.717, 1.165) is 0 Å². The monoisotopic (exact) mass is 270 g/mol. The summed E-state index contributed by atoms with van der Waals surface area (Å²) in [6, 6.07) is 1.17. The molecule has 0 aromatic heterocycles. The third-order valence-corrected chi connectivity index (χ3v) is 4.69. The molecule has 17 heavy (non-hydrogen) atoms. The summed E-state index contributed by atoms with van der Waals surface area (Å²) in [5, 5.41) is 10.9. The minimum atomic E-state index is -4.59. The molecule has 1 aliphatic rings. The lowest BCUT2D eigenvalue weighted by Gasteiger charge is -2.26. The van der Waals surface area contributed by atoms with Crippen LogP contribution in [0.15, 0.2) is 0 Å². The van der Waals surface area contributed by atoms with E-state index in [1.54, 1.807) is 6.92 Å². The highest BCUT2D eigenvalue weighted by molar-refractivity contribution is 7.91. The van der Waals surface area contributed by atoms with Crippen molar-refractivity contribution in [2.45, 2.75) is 25.1 Å². The molecule has 1 fully saturated rings. The van der Waals surface area contributed by atoms with E-state index in [2.05, 4.69) is 5.32 Å². The van der Waals surface area contributed by atoms with Crippen molar-refractivity contribution in [2.24, 2.45) is 5.92 Å². The number of nitrogens with one attached hydrogen (secondary N) is 1. The SMILES string of the molecule is CC1(NCC(C#N)C(F)(F)F)CCS(=O)(=O)C1. The molecule has 1 saturated heterocycles. The van der Waals surface area contributed by atoms with Gasteiger partial charge in [0.05, 0.1) is 17.6 Å². The predicted molar refractivity (Wildman–Crippen MR) is 54.8 cm³/mol. The van der Waals surface area contributed by atoms with Gasteiger partial charge < -0.3 is 5.32 Å². The van der Waals surface area contributed by atoms with Crippen LogP contribution in [-0.4, -0.2) is 38.2 Å². The number of sulfone groups is 1. The molecular weight excluding hydrogens is 257 g/mol. The Morgan fingerprint density at radius 3 is 2.47 bits per heavy atom. The number of alkyl halides is 3. The largest absolute Gasteiger partial charge is 0.405 e. The van der Waals surface area contributed by atoms with Crippen LogP contribution < -0.4 is 5.32 Å². The molecule has 1 heterocycles. The molecule has 0 spiro atoms. The van der Waals surface area contributed by atoms with Crippen molar-refractivity contribution in [1.29, 1.82) is 5.26 Å². The van der Waals surface area contributed by atoms with Crippen molar-refractivity contribution in [2.75, 3.05) is 18.1 Å². The Bertz CT molecular complexity index is 427. The maximum absolute atomic E-state index is 12.3. The first-order valence-electron chi connectivity index (χ1n) is 5.00. The lowest BCUT2D eigenvalue weighted by molar-refractivity contribution is -0.158. The molecule has 0 aromatic rings. The maximum Gasteiger partial charge on any atom is 0.405 e. The van der Waals surface area contributed by atoms with E-state index >= 15 is 0 Å². The fourth-order valence-corrected chi connectivity index (χ4v) is 3.86. The van der Waals surface area contributed by atoms with Gasteiger partial charge in [0.2, 0.25) is 0 Å². The Kier molecular flexibility index (Phi) is 3.74. The Balaban J connectivity index is 2.60. The van der Waals surface area contributed by atoms with E-state index in [9.17, 15) is 21.6 Å². The van der Waals surface area contributed by atoms with Crippen molar-refractivity contribution < 1.29 is 21.6 Å². The van der Waals surface area contributed by atoms with Crippen LogP contribution in [0.5, 0.6) is 0 Å². The fourth-order valence-electron chi connectivity index (χ4n) is 1.73. The van der Waals surface area contributed by atoms with Crippen LogP contribution in [0, 0.1) is 17.2 Å². The zero-order valence-electron chi connectivity index (χ0n) is 9.21. The summed E-state index contributed by atoms with van der Waals surface area (Å²) in [6.07, 6.45) is -4.32. The molecule has 1 N–H and O–H groups in total. The number of hydrogen-bond acceptors (Lipinski definition) is 4. The average molecular weight is 270 g/mol. The van der Waals surface area contributed by atoms with Crippen molar-refractivity contribution in [3.63, 3.8) is 0 Å². The first-order valence-corrected chi connectivity index (χ1v) is 6.82. The summed E-state index contributed by atoms with van der Waals surface area (Å²) in [5.41, 5.74) is -0.862. The smallest absolute Gasteiger partial charge is 0.309 e. The molecule has 98 valence electrons. The standard InChI is InChI=1S/C9H13F3N2O2S/c1-8(2-3-17(15,16)6-8)14-5-7(4-13)9(10,11)12/h7,14H,2-3,5-6H2,1H3. The number of hydrogen-bond donors (Lipinski definition) is 1. The van der Waals surface area contributed by atoms with Gasteiger partial charge in [-0.3, -0.25) is 0 Å². The highest BCUT2D eigenvalue weighted by atomic mass is 32.2. The Morgan fingerprint density at radius 1 is 1.53 bits per heavy atom. The Hall–Kier alpha value is -0.810. The van der Waals surface area contributed by atoms with Crippen molar-refractivity contribution in [3.8, 4) is 6.07 Å². The molecule has 1 aliphatic heterocycles. The molecule has 2 atom stereocenters. The van der Waals surface area contributed by atoms with Gasteiger partial charge in [-0.15, -0.1) is 0 Å². The first-order chi connectivity index (χ1) is 7.58. The third kappa shape index (κ3) is 3.85. The van der Waals surface area contributed by atoms with E-state index in [4.69, 9.17) is 5.26 Å². The zero-order chi connectivity index (χ0) is 13.3. The number of nitriles is 1. The number of halogens is 3. The van der Waals surface area contributed by atoms with E-state index < -0.39 is 34.0 Å². The van der Waals surface area contributed by atoms with Crippen LogP contribution >= 0.6 is 0 Å². The lowest BCUT2D eigenvalue weighted by Crippen LogP contribution is -2.47. The molecule has 4 nitrogen and oxygen atoms in total. The van der Waals surface area contributed by atoms with Crippen molar-refractivity contribution in [3.05, 3.63) is 0 Å². The number of rotatable bonds is 3. The average Bonchev–Trinajstić information content (AvgIpc) is 2.40. The molecule has 0 amide bonds. The number of nitrogens with zero attached hydrogens (tertiary/aromatic N) is 1. The molecule has 8 heteroatoms. The zero-order valence-corrected chi connectivity index (χ0v) is 10.0. The lowest BCUT2D eigenvalue weighted by atomic mass is 10.0. The molecule has 2 unspecified atom stereocenters. The molecular formula is C9H13F3N2O2S. The van der Waals surface area contributed by atoms with Gasteiger partial charge in [-0.25, -0.2) is 8.42 Å². The van der Waals surface area contributed by atoms with Crippen LogP contribution in [-0.2, 0) is 9.84 Å². The highest BCUT2D eigenvalue weighted by Gasteiger charge is 2.43. The molecule has 0 aromatic carbocycles. The summed E-state index contributed by atoms with van der Waals surface area (Å²) >= 11 is 0. The minimum Gasteiger partial charge on any atom is -0.309 e. The quantitative estimate of drug-likeness (QED) is 0.825. The van der Waals surface area contributed by atoms with Crippen LogP contribution in [0.3, 0.4) is 0 Å². The first kappa shape index (κ1) is 14.3. The molecule has 0 aliphatic carbocycles. The highest BCUT2D eigenvalue weighted by Crippen LogP contribution is 2.27. The topological polar surface area (TPSA) is 70.0 Å². The second-order valence-corrected chi connectivity index (χ2v) is 6.69. The van der Waals surface area contributed by atoms with Crippen LogP contribution in [0.25, 0.3) is 0 Å². The van der Waals surface area contributed by atoms with Crippen LogP contribution in [0.2, 0.25) is 0 Å². The molecule has 0 bridgehead atoms. The van der Waals surface area contributed by atoms with Gasteiger partial charge in [0.25, 0.3) is 0 Å². The van der Waals surface area contributed by atoms with Crippen LogP contribution in [0.4, 0.5) is 13.2 Å². The van der Waals surface area contributed by atoms with Gasteiger partial charge in [0, 0.05) is 12.1 Å². The fraction of sp³-hybridized carbons (Fsp3) is 0.889. The summed E-state index contributed by atoms with van der Waals surface area (Å²) in [5.74, 6) is -2.32. The predicted octanol–water partition coefficient (Wildman–Crippen LogP) is 0.855. The van der Waals surface area contributed by atoms with E-state index in [1.807, 2.05) is 0 Å². The van der Waals surface area contributed by atoms with Gasteiger partial charge in [-0.2, -0.15) is 18.4 Å². The van der Waals surface area contributed by atoms with E-state index in [1.165, 1.54) is 6.07 Å². The maximum atomic E-state index is 12.3. The summed E-state index contributed by atoms with van der Waals surface area (Å²) in [7, 11) is -3.17. The second-order valence-electron chi connectivity index (χ2n) is 4.51. The summed E-state index contributed by atoms with van der Waals surface area (Å²) in [6.45, 7) is 0.981. The molecule has 1 rings (SSSR count). The normalized spacial score (nSPS) is 29.8. The Morgan fingerprint density at radius 2 is 2.12 bits per heavy atom. The van der Waals surface area contributed by atoms with E-state index in [-0.39, 0.29) is 17.9 Å². The van der Waals surface area contributed by atoms with Gasteiger partial charge in [-0.05, 0) is 13.3 Å². The molecule has 0 radical (unpaired) electrons. The third-order valence-electron chi connectivity index (χ3n) is 2.79. The van der Waals surface area contributed by atoms with Crippen molar-refractivity contribution >= 4 is 9.84 Å². The van der Waals surface area contributed by atoms with Crippen molar-refractivity contribution in [1.82, 2.24) is 5.32 Å². The summed E-state index contributed by atoms with van der Waals surface area (Å²) in [4.78, 5) is 0. The van der Waals surface area contributed by atoms with Gasteiger partial charge in [-0.1, -0.05) is 0 Å². The molecule has 0 saturated carbocycles. The van der Waals surface area contributed by atoms with Gasteiger partial charge in [0.15, 0.2) is 15.8 Å². The van der Waals surface area contributed by atoms with Crippen LogP contribution in [0.1, 0.15) is 13.3 Å². The van der Waals surface area contributed by atoms with E-state index in [0.29, 0.717) is 0 Å². The Labute approximate surface area is 97.7 Å².